The zero-order valence-electron chi connectivity index (χ0n) is 11.6. The Morgan fingerprint density at radius 2 is 1.95 bits per heavy atom. The molecule has 1 aliphatic rings. The molecule has 0 aliphatic heterocycles. The summed E-state index contributed by atoms with van der Waals surface area (Å²) in [5, 5.41) is 3.56. The van der Waals surface area contributed by atoms with E-state index in [9.17, 15) is 4.39 Å². The topological polar surface area (TPSA) is 12.0 Å². The van der Waals surface area contributed by atoms with Crippen LogP contribution in [-0.2, 0) is 0 Å². The zero-order chi connectivity index (χ0) is 13.7. The Morgan fingerprint density at radius 3 is 2.53 bits per heavy atom. The van der Waals surface area contributed by atoms with Gasteiger partial charge in [-0.05, 0) is 58.9 Å². The summed E-state index contributed by atoms with van der Waals surface area (Å²) >= 11 is 3.23. The fourth-order valence-electron chi connectivity index (χ4n) is 3.13. The molecule has 1 saturated carbocycles. The highest BCUT2D eigenvalue weighted by Gasteiger charge is 2.24. The SMILES string of the molecule is CCNC(c1ccc(Br)c(F)c1)C1CCCCCC1. The fraction of sp³-hybridized carbons (Fsp3) is 0.625. The quantitative estimate of drug-likeness (QED) is 0.748. The molecule has 1 aromatic carbocycles. The summed E-state index contributed by atoms with van der Waals surface area (Å²) in [4.78, 5) is 0. The molecule has 0 bridgehead atoms. The summed E-state index contributed by atoms with van der Waals surface area (Å²) in [6, 6.07) is 5.85. The van der Waals surface area contributed by atoms with Crippen LogP contribution in [0, 0.1) is 11.7 Å². The minimum absolute atomic E-state index is 0.158. The second-order valence-electron chi connectivity index (χ2n) is 5.46. The molecule has 0 saturated heterocycles. The maximum absolute atomic E-state index is 13.8. The molecule has 0 aromatic heterocycles. The lowest BCUT2D eigenvalue weighted by molar-refractivity contribution is 0.329. The van der Waals surface area contributed by atoms with E-state index in [-0.39, 0.29) is 5.82 Å². The van der Waals surface area contributed by atoms with E-state index in [1.54, 1.807) is 6.07 Å². The molecule has 1 N–H and O–H groups in total. The van der Waals surface area contributed by atoms with Crippen molar-refractivity contribution in [2.24, 2.45) is 5.92 Å². The first-order chi connectivity index (χ1) is 9.22. The van der Waals surface area contributed by atoms with Crippen LogP contribution < -0.4 is 5.32 Å². The van der Waals surface area contributed by atoms with Gasteiger partial charge < -0.3 is 5.32 Å². The molecule has 0 radical (unpaired) electrons. The normalized spacial score (nSPS) is 19.1. The molecule has 2 rings (SSSR count). The maximum atomic E-state index is 13.8. The summed E-state index contributed by atoms with van der Waals surface area (Å²) in [6.45, 7) is 3.05. The minimum Gasteiger partial charge on any atom is -0.310 e. The Kier molecular flexibility index (Phi) is 5.83. The number of benzene rings is 1. The number of rotatable bonds is 4. The Balaban J connectivity index is 2.19. The van der Waals surface area contributed by atoms with Gasteiger partial charge in [0.15, 0.2) is 0 Å². The third kappa shape index (κ3) is 4.03. The van der Waals surface area contributed by atoms with Crippen molar-refractivity contribution in [2.45, 2.75) is 51.5 Å². The molecule has 1 aromatic rings. The van der Waals surface area contributed by atoms with Crippen LogP contribution >= 0.6 is 15.9 Å². The molecular weight excluding hydrogens is 305 g/mol. The minimum atomic E-state index is -0.158. The predicted molar refractivity (Wildman–Crippen MR) is 81.7 cm³/mol. The van der Waals surface area contributed by atoms with Crippen LogP contribution in [0.3, 0.4) is 0 Å². The van der Waals surface area contributed by atoms with Gasteiger partial charge in [-0.15, -0.1) is 0 Å². The summed E-state index contributed by atoms with van der Waals surface area (Å²) in [5.74, 6) is 0.483. The Bertz CT molecular complexity index is 400. The van der Waals surface area contributed by atoms with E-state index in [0.29, 0.717) is 16.4 Å². The van der Waals surface area contributed by atoms with E-state index in [4.69, 9.17) is 0 Å². The predicted octanol–water partition coefficient (Wildman–Crippen LogP) is 5.21. The number of hydrogen-bond acceptors (Lipinski definition) is 1. The van der Waals surface area contributed by atoms with Gasteiger partial charge in [-0.3, -0.25) is 0 Å². The van der Waals surface area contributed by atoms with Gasteiger partial charge in [0.1, 0.15) is 5.82 Å². The van der Waals surface area contributed by atoms with Crippen molar-refractivity contribution in [1.29, 1.82) is 0 Å². The van der Waals surface area contributed by atoms with E-state index >= 15 is 0 Å². The number of halogens is 2. The molecular formula is C16H23BrFN. The first-order valence-corrected chi connectivity index (χ1v) is 8.20. The van der Waals surface area contributed by atoms with Crippen LogP contribution in [0.15, 0.2) is 22.7 Å². The zero-order valence-corrected chi connectivity index (χ0v) is 13.2. The first kappa shape index (κ1) is 15.0. The highest BCUT2D eigenvalue weighted by Crippen LogP contribution is 2.34. The van der Waals surface area contributed by atoms with Crippen LogP contribution in [0.1, 0.15) is 57.1 Å². The molecule has 1 unspecified atom stereocenters. The van der Waals surface area contributed by atoms with Gasteiger partial charge in [0.2, 0.25) is 0 Å². The molecule has 0 spiro atoms. The molecule has 19 heavy (non-hydrogen) atoms. The van der Waals surface area contributed by atoms with Crippen molar-refractivity contribution in [3.05, 3.63) is 34.1 Å². The lowest BCUT2D eigenvalue weighted by Crippen LogP contribution is -2.28. The van der Waals surface area contributed by atoms with Crippen molar-refractivity contribution in [2.75, 3.05) is 6.54 Å². The van der Waals surface area contributed by atoms with E-state index in [1.807, 2.05) is 12.1 Å². The van der Waals surface area contributed by atoms with E-state index in [0.717, 1.165) is 12.1 Å². The van der Waals surface area contributed by atoms with E-state index in [1.165, 1.54) is 38.5 Å². The van der Waals surface area contributed by atoms with Crippen LogP contribution in [0.25, 0.3) is 0 Å². The lowest BCUT2D eigenvalue weighted by Gasteiger charge is -2.27. The standard InChI is InChI=1S/C16H23BrFN/c1-2-19-16(12-7-5-3-4-6-8-12)13-9-10-14(17)15(18)11-13/h9-12,16,19H,2-8H2,1H3. The largest absolute Gasteiger partial charge is 0.310 e. The van der Waals surface area contributed by atoms with Crippen LogP contribution in [-0.4, -0.2) is 6.54 Å². The molecule has 1 atom stereocenters. The molecule has 1 fully saturated rings. The highest BCUT2D eigenvalue weighted by molar-refractivity contribution is 9.10. The van der Waals surface area contributed by atoms with Crippen molar-refractivity contribution in [3.8, 4) is 0 Å². The molecule has 106 valence electrons. The molecule has 0 heterocycles. The maximum Gasteiger partial charge on any atom is 0.137 e. The lowest BCUT2D eigenvalue weighted by atomic mass is 9.87. The average molecular weight is 328 g/mol. The molecule has 3 heteroatoms. The van der Waals surface area contributed by atoms with Crippen molar-refractivity contribution < 1.29 is 4.39 Å². The second kappa shape index (κ2) is 7.39. The van der Waals surface area contributed by atoms with Gasteiger partial charge in [0, 0.05) is 6.04 Å². The fourth-order valence-corrected chi connectivity index (χ4v) is 3.37. The second-order valence-corrected chi connectivity index (χ2v) is 6.31. The van der Waals surface area contributed by atoms with Gasteiger partial charge in [-0.25, -0.2) is 4.39 Å². The third-order valence-corrected chi connectivity index (χ3v) is 4.74. The number of nitrogens with one attached hydrogen (secondary N) is 1. The van der Waals surface area contributed by atoms with Crippen LogP contribution in [0.4, 0.5) is 4.39 Å². The summed E-state index contributed by atoms with van der Waals surface area (Å²) in [7, 11) is 0. The third-order valence-electron chi connectivity index (χ3n) is 4.10. The first-order valence-electron chi connectivity index (χ1n) is 7.40. The van der Waals surface area contributed by atoms with Crippen molar-refractivity contribution in [1.82, 2.24) is 5.32 Å². The van der Waals surface area contributed by atoms with Gasteiger partial charge in [-0.2, -0.15) is 0 Å². The van der Waals surface area contributed by atoms with E-state index < -0.39 is 0 Å². The highest BCUT2D eigenvalue weighted by atomic mass is 79.9. The van der Waals surface area contributed by atoms with Gasteiger partial charge in [-0.1, -0.05) is 38.7 Å². The van der Waals surface area contributed by atoms with Gasteiger partial charge in [0.25, 0.3) is 0 Å². The smallest absolute Gasteiger partial charge is 0.137 e. The molecule has 1 nitrogen and oxygen atoms in total. The molecule has 1 aliphatic carbocycles. The Labute approximate surface area is 124 Å². The average Bonchev–Trinajstić information content (AvgIpc) is 2.68. The molecule has 0 amide bonds. The number of hydrogen-bond donors (Lipinski definition) is 1. The summed E-state index contributed by atoms with van der Waals surface area (Å²) < 4.78 is 14.3. The van der Waals surface area contributed by atoms with Crippen LogP contribution in [0.5, 0.6) is 0 Å². The monoisotopic (exact) mass is 327 g/mol. The van der Waals surface area contributed by atoms with Gasteiger partial charge in [0.05, 0.1) is 4.47 Å². The Morgan fingerprint density at radius 1 is 1.26 bits per heavy atom. The Hall–Kier alpha value is -0.410. The summed E-state index contributed by atoms with van der Waals surface area (Å²) in [6.07, 6.45) is 7.84. The van der Waals surface area contributed by atoms with Crippen molar-refractivity contribution in [3.63, 3.8) is 0 Å². The van der Waals surface area contributed by atoms with Crippen molar-refractivity contribution >= 4 is 15.9 Å². The van der Waals surface area contributed by atoms with Gasteiger partial charge >= 0.3 is 0 Å². The van der Waals surface area contributed by atoms with Crippen LogP contribution in [0.2, 0.25) is 0 Å². The summed E-state index contributed by atoms with van der Waals surface area (Å²) in [5.41, 5.74) is 1.09. The van der Waals surface area contributed by atoms with E-state index in [2.05, 4.69) is 28.2 Å².